The molecular weight excluding hydrogens is 256 g/mol. The number of rotatable bonds is 6. The third-order valence-electron chi connectivity index (χ3n) is 3.52. The summed E-state index contributed by atoms with van der Waals surface area (Å²) < 4.78 is 5.88. The third kappa shape index (κ3) is 4.78. The maximum Gasteiger partial charge on any atom is 0.126 e. The number of aryl methyl sites for hydroxylation is 2. The molecule has 0 aliphatic carbocycles. The molecule has 0 amide bonds. The van der Waals surface area contributed by atoms with E-state index in [1.165, 1.54) is 35.1 Å². The number of ether oxygens (including phenoxy) is 1. The van der Waals surface area contributed by atoms with Crippen LogP contribution in [0.2, 0.25) is 0 Å². The Hall–Kier alpha value is -2.02. The zero-order chi connectivity index (χ0) is 15.1. The van der Waals surface area contributed by atoms with Gasteiger partial charge in [-0.2, -0.15) is 0 Å². The summed E-state index contributed by atoms with van der Waals surface area (Å²) in [5, 5.41) is 0. The number of benzene rings is 2. The first-order valence-corrected chi connectivity index (χ1v) is 7.68. The molecule has 0 bridgehead atoms. The van der Waals surface area contributed by atoms with Gasteiger partial charge in [0.25, 0.3) is 0 Å². The van der Waals surface area contributed by atoms with Crippen molar-refractivity contribution in [1.82, 2.24) is 0 Å². The number of hydrogen-bond acceptors (Lipinski definition) is 1. The van der Waals surface area contributed by atoms with Crippen LogP contribution in [0.5, 0.6) is 5.75 Å². The molecule has 2 rings (SSSR count). The average molecular weight is 280 g/mol. The van der Waals surface area contributed by atoms with Crippen LogP contribution in [0, 0.1) is 13.8 Å². The van der Waals surface area contributed by atoms with Gasteiger partial charge in [0.1, 0.15) is 5.75 Å². The monoisotopic (exact) mass is 280 g/mol. The fourth-order valence-corrected chi connectivity index (χ4v) is 2.31. The maximum absolute atomic E-state index is 5.88. The highest BCUT2D eigenvalue weighted by Crippen LogP contribution is 2.23. The highest BCUT2D eigenvalue weighted by Gasteiger charge is 2.03. The Morgan fingerprint density at radius 1 is 1.00 bits per heavy atom. The summed E-state index contributed by atoms with van der Waals surface area (Å²) in [4.78, 5) is 0. The minimum absolute atomic E-state index is 0.900. The Morgan fingerprint density at radius 2 is 1.71 bits per heavy atom. The van der Waals surface area contributed by atoms with Crippen LogP contribution in [0.1, 0.15) is 42.9 Å². The lowest BCUT2D eigenvalue weighted by Gasteiger charge is -2.09. The van der Waals surface area contributed by atoms with Crippen molar-refractivity contribution in [3.8, 4) is 5.75 Å². The molecule has 2 aromatic carbocycles. The van der Waals surface area contributed by atoms with E-state index in [0.29, 0.717) is 0 Å². The molecule has 2 aromatic rings. The van der Waals surface area contributed by atoms with Crippen molar-refractivity contribution < 1.29 is 4.74 Å². The second-order valence-electron chi connectivity index (χ2n) is 5.55. The standard InChI is InChI=1S/C20H24O/c1-4-5-10-19(18-11-6-8-16(2)13-18)15-21-20-12-7-9-17(3)14-20/h6-9,11-15H,4-5,10H2,1-3H3/b19-15-. The topological polar surface area (TPSA) is 9.23 Å². The van der Waals surface area contributed by atoms with Crippen molar-refractivity contribution in [2.45, 2.75) is 40.0 Å². The first-order chi connectivity index (χ1) is 10.2. The molecule has 0 aliphatic heterocycles. The largest absolute Gasteiger partial charge is 0.465 e. The van der Waals surface area contributed by atoms with Crippen molar-refractivity contribution in [3.05, 3.63) is 71.5 Å². The minimum Gasteiger partial charge on any atom is -0.465 e. The fraction of sp³-hybridized carbons (Fsp3) is 0.300. The zero-order valence-electron chi connectivity index (χ0n) is 13.2. The van der Waals surface area contributed by atoms with E-state index in [4.69, 9.17) is 4.74 Å². The predicted octanol–water partition coefficient (Wildman–Crippen LogP) is 5.91. The molecule has 1 heteroatoms. The van der Waals surface area contributed by atoms with Crippen LogP contribution in [-0.4, -0.2) is 0 Å². The summed E-state index contributed by atoms with van der Waals surface area (Å²) in [5.41, 5.74) is 5.02. The van der Waals surface area contributed by atoms with E-state index in [0.717, 1.165) is 12.2 Å². The van der Waals surface area contributed by atoms with E-state index in [-0.39, 0.29) is 0 Å². The zero-order valence-corrected chi connectivity index (χ0v) is 13.2. The van der Waals surface area contributed by atoms with Gasteiger partial charge < -0.3 is 4.74 Å². The highest BCUT2D eigenvalue weighted by molar-refractivity contribution is 5.65. The molecule has 110 valence electrons. The lowest BCUT2D eigenvalue weighted by molar-refractivity contribution is 0.481. The molecule has 0 atom stereocenters. The maximum atomic E-state index is 5.88. The van der Waals surface area contributed by atoms with Gasteiger partial charge in [0, 0.05) is 0 Å². The second kappa shape index (κ2) is 7.68. The Labute approximate surface area is 128 Å². The van der Waals surface area contributed by atoms with Crippen molar-refractivity contribution in [3.63, 3.8) is 0 Å². The normalized spacial score (nSPS) is 11.5. The van der Waals surface area contributed by atoms with Crippen LogP contribution >= 0.6 is 0 Å². The van der Waals surface area contributed by atoms with E-state index >= 15 is 0 Å². The molecule has 0 N–H and O–H groups in total. The molecule has 0 unspecified atom stereocenters. The van der Waals surface area contributed by atoms with Gasteiger partial charge >= 0.3 is 0 Å². The molecule has 0 heterocycles. The Balaban J connectivity index is 2.20. The lowest BCUT2D eigenvalue weighted by Crippen LogP contribution is -1.91. The first kappa shape index (κ1) is 15.4. The summed E-state index contributed by atoms with van der Waals surface area (Å²) >= 11 is 0. The van der Waals surface area contributed by atoms with Gasteiger partial charge in [-0.25, -0.2) is 0 Å². The Bertz CT molecular complexity index is 611. The third-order valence-corrected chi connectivity index (χ3v) is 3.52. The minimum atomic E-state index is 0.900. The number of allylic oxidation sites excluding steroid dienone is 1. The van der Waals surface area contributed by atoms with Gasteiger partial charge in [0.05, 0.1) is 6.26 Å². The number of hydrogen-bond donors (Lipinski definition) is 0. The van der Waals surface area contributed by atoms with Crippen LogP contribution in [-0.2, 0) is 0 Å². The van der Waals surface area contributed by atoms with Crippen molar-refractivity contribution in [2.24, 2.45) is 0 Å². The van der Waals surface area contributed by atoms with Crippen LogP contribution in [0.3, 0.4) is 0 Å². The quantitative estimate of drug-likeness (QED) is 0.597. The average Bonchev–Trinajstić information content (AvgIpc) is 2.47. The van der Waals surface area contributed by atoms with Gasteiger partial charge in [-0.15, -0.1) is 0 Å². The van der Waals surface area contributed by atoms with E-state index in [9.17, 15) is 0 Å². The smallest absolute Gasteiger partial charge is 0.126 e. The summed E-state index contributed by atoms with van der Waals surface area (Å²) in [6.07, 6.45) is 5.33. The molecule has 0 radical (unpaired) electrons. The summed E-state index contributed by atoms with van der Waals surface area (Å²) in [7, 11) is 0. The summed E-state index contributed by atoms with van der Waals surface area (Å²) in [6.45, 7) is 6.42. The van der Waals surface area contributed by atoms with Gasteiger partial charge in [0.15, 0.2) is 0 Å². The van der Waals surface area contributed by atoms with E-state index in [1.54, 1.807) is 0 Å². The molecule has 0 aromatic heterocycles. The van der Waals surface area contributed by atoms with Gasteiger partial charge in [-0.3, -0.25) is 0 Å². The molecule has 1 nitrogen and oxygen atoms in total. The van der Waals surface area contributed by atoms with Gasteiger partial charge in [-0.1, -0.05) is 55.3 Å². The van der Waals surface area contributed by atoms with Crippen LogP contribution in [0.4, 0.5) is 0 Å². The van der Waals surface area contributed by atoms with Crippen molar-refractivity contribution in [1.29, 1.82) is 0 Å². The molecule has 0 saturated carbocycles. The SMILES string of the molecule is CCCC/C(=C/Oc1cccc(C)c1)c1cccc(C)c1. The molecular formula is C20H24O. The molecule has 0 fully saturated rings. The Morgan fingerprint density at radius 3 is 2.38 bits per heavy atom. The van der Waals surface area contributed by atoms with Gasteiger partial charge in [0.2, 0.25) is 0 Å². The van der Waals surface area contributed by atoms with Crippen LogP contribution in [0.15, 0.2) is 54.8 Å². The second-order valence-corrected chi connectivity index (χ2v) is 5.55. The first-order valence-electron chi connectivity index (χ1n) is 7.68. The van der Waals surface area contributed by atoms with E-state index < -0.39 is 0 Å². The number of unbranched alkanes of at least 4 members (excludes halogenated alkanes) is 1. The Kier molecular flexibility index (Phi) is 5.62. The molecule has 0 aliphatic rings. The van der Waals surface area contributed by atoms with Crippen LogP contribution < -0.4 is 4.74 Å². The van der Waals surface area contributed by atoms with E-state index in [2.05, 4.69) is 57.2 Å². The highest BCUT2D eigenvalue weighted by atomic mass is 16.5. The summed E-state index contributed by atoms with van der Waals surface area (Å²) in [5.74, 6) is 0.900. The van der Waals surface area contributed by atoms with Crippen LogP contribution in [0.25, 0.3) is 5.57 Å². The van der Waals surface area contributed by atoms with E-state index in [1.807, 2.05) is 18.4 Å². The van der Waals surface area contributed by atoms with Gasteiger partial charge in [-0.05, 0) is 55.5 Å². The predicted molar refractivity (Wildman–Crippen MR) is 90.5 cm³/mol. The van der Waals surface area contributed by atoms with Crippen molar-refractivity contribution >= 4 is 5.57 Å². The molecule has 21 heavy (non-hydrogen) atoms. The fourth-order valence-electron chi connectivity index (χ4n) is 2.31. The molecule has 0 spiro atoms. The van der Waals surface area contributed by atoms with Crippen molar-refractivity contribution in [2.75, 3.05) is 0 Å². The molecule has 0 saturated heterocycles. The lowest BCUT2D eigenvalue weighted by atomic mass is 10.00. The summed E-state index contributed by atoms with van der Waals surface area (Å²) in [6, 6.07) is 16.8.